The van der Waals surface area contributed by atoms with Crippen LogP contribution in [0, 0.1) is 0 Å². The van der Waals surface area contributed by atoms with Gasteiger partial charge in [-0.05, 0) is 31.4 Å². The van der Waals surface area contributed by atoms with E-state index in [1.165, 1.54) is 0 Å². The Labute approximate surface area is 122 Å². The van der Waals surface area contributed by atoms with Gasteiger partial charge in [-0.25, -0.2) is 0 Å². The van der Waals surface area contributed by atoms with E-state index < -0.39 is 0 Å². The molecule has 0 aliphatic carbocycles. The fraction of sp³-hybridized carbons (Fsp3) is 0.375. The monoisotopic (exact) mass is 286 g/mol. The van der Waals surface area contributed by atoms with E-state index in [0.29, 0.717) is 18.4 Å². The van der Waals surface area contributed by atoms with Crippen LogP contribution < -0.4 is 10.7 Å². The summed E-state index contributed by atoms with van der Waals surface area (Å²) in [6, 6.07) is 5.92. The van der Waals surface area contributed by atoms with Crippen LogP contribution in [0.4, 0.5) is 0 Å². The molecule has 110 valence electrons. The van der Waals surface area contributed by atoms with Crippen LogP contribution in [-0.2, 0) is 6.42 Å². The molecule has 1 aliphatic rings. The fourth-order valence-electron chi connectivity index (χ4n) is 2.95. The molecule has 21 heavy (non-hydrogen) atoms. The van der Waals surface area contributed by atoms with Gasteiger partial charge < -0.3 is 15.0 Å². The second-order valence-electron chi connectivity index (χ2n) is 5.48. The van der Waals surface area contributed by atoms with Gasteiger partial charge in [-0.3, -0.25) is 9.59 Å². The number of aliphatic hydroxyl groups excluding tert-OH is 1. The van der Waals surface area contributed by atoms with Crippen molar-refractivity contribution in [3.05, 3.63) is 45.7 Å². The zero-order valence-electron chi connectivity index (χ0n) is 11.9. The number of aliphatic hydroxyl groups is 1. The number of nitrogens with one attached hydrogen (secondary N) is 1. The largest absolute Gasteiger partial charge is 0.396 e. The molecule has 0 spiro atoms. The molecule has 2 aromatic rings. The van der Waals surface area contributed by atoms with Crippen molar-refractivity contribution in [2.24, 2.45) is 0 Å². The predicted octanol–water partition coefficient (Wildman–Crippen LogP) is 1.23. The first-order chi connectivity index (χ1) is 10.1. The van der Waals surface area contributed by atoms with Crippen LogP contribution in [0.25, 0.3) is 10.9 Å². The van der Waals surface area contributed by atoms with Crippen LogP contribution in [0.3, 0.4) is 0 Å². The summed E-state index contributed by atoms with van der Waals surface area (Å²) in [7, 11) is 0. The Balaban J connectivity index is 2.09. The molecule has 2 N–H and O–H groups in total. The molecule has 1 aromatic carbocycles. The van der Waals surface area contributed by atoms with E-state index in [4.69, 9.17) is 5.11 Å². The van der Waals surface area contributed by atoms with E-state index >= 15 is 0 Å². The molecule has 0 saturated carbocycles. The van der Waals surface area contributed by atoms with Gasteiger partial charge in [0.15, 0.2) is 0 Å². The standard InChI is InChI=1S/C16H18N2O3/c1-10-8-11-4-2-5-12-14(11)18(10)9-13(15(12)20)16(21)17-6-3-7-19/h2,4-5,9-10,19H,3,6-8H2,1H3,(H,17,21)/t10-/m0/s1. The van der Waals surface area contributed by atoms with Crippen molar-refractivity contribution in [2.45, 2.75) is 25.8 Å². The number of carbonyl (C=O) groups is 1. The lowest BCUT2D eigenvalue weighted by Gasteiger charge is -2.12. The number of nitrogens with zero attached hydrogens (tertiary/aromatic N) is 1. The Morgan fingerprint density at radius 1 is 1.48 bits per heavy atom. The maximum absolute atomic E-state index is 12.5. The number of hydrogen-bond donors (Lipinski definition) is 2. The van der Waals surface area contributed by atoms with Crippen molar-refractivity contribution in [3.63, 3.8) is 0 Å². The third-order valence-corrected chi connectivity index (χ3v) is 3.99. The van der Waals surface area contributed by atoms with Crippen LogP contribution >= 0.6 is 0 Å². The van der Waals surface area contributed by atoms with Crippen molar-refractivity contribution in [3.8, 4) is 0 Å². The summed E-state index contributed by atoms with van der Waals surface area (Å²) in [6.45, 7) is 2.46. The lowest BCUT2D eigenvalue weighted by Crippen LogP contribution is -2.30. The number of benzene rings is 1. The SMILES string of the molecule is C[C@H]1Cc2cccc3c(=O)c(C(=O)NCCCO)cn1c23. The highest BCUT2D eigenvalue weighted by Gasteiger charge is 2.24. The maximum Gasteiger partial charge on any atom is 0.256 e. The van der Waals surface area contributed by atoms with Gasteiger partial charge in [0.25, 0.3) is 5.91 Å². The van der Waals surface area contributed by atoms with Gasteiger partial charge in [0.05, 0.1) is 5.52 Å². The molecule has 1 aliphatic heterocycles. The quantitative estimate of drug-likeness (QED) is 0.830. The Morgan fingerprint density at radius 2 is 2.29 bits per heavy atom. The molecule has 0 fully saturated rings. The summed E-state index contributed by atoms with van der Waals surface area (Å²) in [6.07, 6.45) is 3.03. The first-order valence-electron chi connectivity index (χ1n) is 7.19. The van der Waals surface area contributed by atoms with Gasteiger partial charge in [0.2, 0.25) is 5.43 Å². The average Bonchev–Trinajstić information content (AvgIpc) is 2.79. The molecule has 5 heteroatoms. The van der Waals surface area contributed by atoms with Crippen LogP contribution in [0.1, 0.15) is 35.3 Å². The highest BCUT2D eigenvalue weighted by Crippen LogP contribution is 2.30. The van der Waals surface area contributed by atoms with Gasteiger partial charge in [-0.2, -0.15) is 0 Å². The summed E-state index contributed by atoms with van der Waals surface area (Å²) in [5.41, 5.74) is 2.05. The fourth-order valence-corrected chi connectivity index (χ4v) is 2.95. The molecule has 0 radical (unpaired) electrons. The second kappa shape index (κ2) is 5.33. The number of hydrogen-bond acceptors (Lipinski definition) is 3. The smallest absolute Gasteiger partial charge is 0.256 e. The van der Waals surface area contributed by atoms with E-state index in [-0.39, 0.29) is 29.5 Å². The number of carbonyl (C=O) groups excluding carboxylic acids is 1. The van der Waals surface area contributed by atoms with E-state index in [0.717, 1.165) is 17.5 Å². The molecule has 2 heterocycles. The van der Waals surface area contributed by atoms with Gasteiger partial charge in [-0.1, -0.05) is 12.1 Å². The predicted molar refractivity (Wildman–Crippen MR) is 80.7 cm³/mol. The van der Waals surface area contributed by atoms with Crippen LogP contribution in [0.15, 0.2) is 29.2 Å². The van der Waals surface area contributed by atoms with Crippen molar-refractivity contribution >= 4 is 16.8 Å². The topological polar surface area (TPSA) is 71.3 Å². The van der Waals surface area contributed by atoms with Crippen molar-refractivity contribution in [1.29, 1.82) is 0 Å². The van der Waals surface area contributed by atoms with Gasteiger partial charge in [0, 0.05) is 30.8 Å². The van der Waals surface area contributed by atoms with E-state index in [1.54, 1.807) is 12.3 Å². The van der Waals surface area contributed by atoms with Gasteiger partial charge >= 0.3 is 0 Å². The van der Waals surface area contributed by atoms with E-state index in [1.807, 2.05) is 16.7 Å². The lowest BCUT2D eigenvalue weighted by molar-refractivity contribution is 0.0949. The Bertz CT molecular complexity index is 764. The van der Waals surface area contributed by atoms with Crippen molar-refractivity contribution < 1.29 is 9.90 Å². The zero-order valence-corrected chi connectivity index (χ0v) is 11.9. The molecule has 1 amide bonds. The molecule has 1 atom stereocenters. The molecule has 0 saturated heterocycles. The summed E-state index contributed by atoms with van der Waals surface area (Å²) in [4.78, 5) is 24.7. The third-order valence-electron chi connectivity index (χ3n) is 3.99. The number of rotatable bonds is 4. The van der Waals surface area contributed by atoms with E-state index in [9.17, 15) is 9.59 Å². The van der Waals surface area contributed by atoms with Crippen molar-refractivity contribution in [1.82, 2.24) is 9.88 Å². The van der Waals surface area contributed by atoms with E-state index in [2.05, 4.69) is 12.2 Å². The molecule has 3 rings (SSSR count). The molecule has 0 bridgehead atoms. The zero-order chi connectivity index (χ0) is 15.0. The minimum Gasteiger partial charge on any atom is -0.396 e. The Morgan fingerprint density at radius 3 is 3.05 bits per heavy atom. The first-order valence-corrected chi connectivity index (χ1v) is 7.19. The van der Waals surface area contributed by atoms with Crippen LogP contribution in [0.2, 0.25) is 0 Å². The molecule has 0 unspecified atom stereocenters. The Kier molecular flexibility index (Phi) is 3.51. The number of para-hydroxylation sites is 1. The summed E-state index contributed by atoms with van der Waals surface area (Å²) < 4.78 is 2.02. The lowest BCUT2D eigenvalue weighted by atomic mass is 10.1. The maximum atomic E-state index is 12.5. The molecule has 1 aromatic heterocycles. The minimum absolute atomic E-state index is 0.0165. The highest BCUT2D eigenvalue weighted by atomic mass is 16.3. The normalized spacial score (nSPS) is 16.4. The summed E-state index contributed by atoms with van der Waals surface area (Å²) in [5.74, 6) is -0.372. The molecular weight excluding hydrogens is 268 g/mol. The number of aromatic nitrogens is 1. The van der Waals surface area contributed by atoms with Gasteiger partial charge in [-0.15, -0.1) is 0 Å². The highest BCUT2D eigenvalue weighted by molar-refractivity contribution is 5.98. The molecular formula is C16H18N2O3. The number of pyridine rings is 1. The van der Waals surface area contributed by atoms with Crippen molar-refractivity contribution in [2.75, 3.05) is 13.2 Å². The van der Waals surface area contributed by atoms with Gasteiger partial charge in [0.1, 0.15) is 5.56 Å². The third kappa shape index (κ3) is 2.23. The average molecular weight is 286 g/mol. The number of amides is 1. The first kappa shape index (κ1) is 13.8. The summed E-state index contributed by atoms with van der Waals surface area (Å²) in [5, 5.41) is 12.0. The minimum atomic E-state index is -0.372. The molecule has 5 nitrogen and oxygen atoms in total. The second-order valence-corrected chi connectivity index (χ2v) is 5.48. The van der Waals surface area contributed by atoms with Crippen LogP contribution in [0.5, 0.6) is 0 Å². The summed E-state index contributed by atoms with van der Waals surface area (Å²) >= 11 is 0. The Hall–Kier alpha value is -2.14. The van der Waals surface area contributed by atoms with Crippen LogP contribution in [-0.4, -0.2) is 28.7 Å².